The number of H-pyrrole nitrogens is 1. The first-order chi connectivity index (χ1) is 13.9. The first-order valence-electron chi connectivity index (χ1n) is 8.95. The Morgan fingerprint density at radius 1 is 1.14 bits per heavy atom. The Labute approximate surface area is 167 Å². The van der Waals surface area contributed by atoms with Gasteiger partial charge in [-0.2, -0.15) is 0 Å². The summed E-state index contributed by atoms with van der Waals surface area (Å²) in [5.74, 6) is -0.439. The molecule has 0 radical (unpaired) electrons. The predicted molar refractivity (Wildman–Crippen MR) is 108 cm³/mol. The number of aromatic nitrogens is 3. The lowest BCUT2D eigenvalue weighted by Crippen LogP contribution is -2.26. The minimum absolute atomic E-state index is 0.0103. The Balaban J connectivity index is 1.64. The van der Waals surface area contributed by atoms with Crippen LogP contribution < -0.4 is 15.6 Å². The van der Waals surface area contributed by atoms with E-state index in [1.54, 1.807) is 49.5 Å². The number of carbonyl (C=O) groups excluding carboxylic acids is 1. The van der Waals surface area contributed by atoms with Gasteiger partial charge in [-0.05, 0) is 36.8 Å². The summed E-state index contributed by atoms with van der Waals surface area (Å²) < 4.78 is 26.8. The number of para-hydroxylation sites is 1. The summed E-state index contributed by atoms with van der Waals surface area (Å²) in [6.07, 6.45) is 1.55. The van der Waals surface area contributed by atoms with Crippen molar-refractivity contribution in [1.82, 2.24) is 24.8 Å². The number of nitrogens with one attached hydrogen (secondary N) is 3. The first kappa shape index (κ1) is 20.5. The van der Waals surface area contributed by atoms with Crippen molar-refractivity contribution in [3.63, 3.8) is 0 Å². The van der Waals surface area contributed by atoms with Gasteiger partial charge in [-0.15, -0.1) is 0 Å². The number of hydrogen-bond donors (Lipinski definition) is 3. The van der Waals surface area contributed by atoms with Crippen molar-refractivity contribution in [1.29, 1.82) is 0 Å². The molecule has 3 N–H and O–H groups in total. The third-order valence-corrected chi connectivity index (χ3v) is 5.51. The fraction of sp³-hybridized carbons (Fsp3) is 0.211. The van der Waals surface area contributed by atoms with Gasteiger partial charge in [0.2, 0.25) is 10.0 Å². The van der Waals surface area contributed by atoms with Gasteiger partial charge < -0.3 is 5.32 Å². The van der Waals surface area contributed by atoms with Crippen LogP contribution in [-0.4, -0.2) is 34.8 Å². The summed E-state index contributed by atoms with van der Waals surface area (Å²) in [5.41, 5.74) is 1.73. The molecule has 0 spiro atoms. The molecule has 0 bridgehead atoms. The zero-order chi connectivity index (χ0) is 20.9. The average molecular weight is 415 g/mol. The van der Waals surface area contributed by atoms with E-state index < -0.39 is 15.9 Å². The van der Waals surface area contributed by atoms with E-state index in [2.05, 4.69) is 20.1 Å². The lowest BCUT2D eigenvalue weighted by atomic mass is 10.2. The van der Waals surface area contributed by atoms with E-state index >= 15 is 0 Å². The average Bonchev–Trinajstić information content (AvgIpc) is 3.13. The van der Waals surface area contributed by atoms with E-state index in [1.807, 2.05) is 6.07 Å². The lowest BCUT2D eigenvalue weighted by molar-refractivity contribution is 0.0945. The molecule has 9 nitrogen and oxygen atoms in total. The van der Waals surface area contributed by atoms with Gasteiger partial charge in [0.25, 0.3) is 11.5 Å². The smallest absolute Gasteiger partial charge is 0.271 e. The second-order valence-corrected chi connectivity index (χ2v) is 8.34. The van der Waals surface area contributed by atoms with E-state index in [4.69, 9.17) is 0 Å². The monoisotopic (exact) mass is 415 g/mol. The van der Waals surface area contributed by atoms with Crippen molar-refractivity contribution >= 4 is 15.9 Å². The quantitative estimate of drug-likeness (QED) is 0.505. The summed E-state index contributed by atoms with van der Waals surface area (Å²) >= 11 is 0. The molecule has 1 aromatic carbocycles. The molecule has 0 saturated carbocycles. The fourth-order valence-electron chi connectivity index (χ4n) is 2.58. The number of amides is 1. The normalized spacial score (nSPS) is 11.3. The summed E-state index contributed by atoms with van der Waals surface area (Å²) in [7, 11) is -3.31. The van der Waals surface area contributed by atoms with Gasteiger partial charge in [-0.3, -0.25) is 19.7 Å². The Morgan fingerprint density at radius 3 is 2.62 bits per heavy atom. The topological polar surface area (TPSA) is 126 Å². The largest absolute Gasteiger partial charge is 0.347 e. The summed E-state index contributed by atoms with van der Waals surface area (Å²) in [6.45, 7) is 1.83. The van der Waals surface area contributed by atoms with Crippen molar-refractivity contribution in [2.24, 2.45) is 0 Å². The van der Waals surface area contributed by atoms with Crippen LogP contribution >= 0.6 is 0 Å². The van der Waals surface area contributed by atoms with Crippen LogP contribution in [0.2, 0.25) is 0 Å². The van der Waals surface area contributed by atoms with Gasteiger partial charge >= 0.3 is 0 Å². The minimum Gasteiger partial charge on any atom is -0.347 e. The minimum atomic E-state index is -3.31. The second-order valence-electron chi connectivity index (χ2n) is 6.24. The van der Waals surface area contributed by atoms with Gasteiger partial charge in [-0.1, -0.05) is 18.2 Å². The van der Waals surface area contributed by atoms with E-state index in [0.717, 1.165) is 5.56 Å². The number of hydrogen-bond acceptors (Lipinski definition) is 5. The molecule has 0 saturated heterocycles. The van der Waals surface area contributed by atoms with Crippen LogP contribution in [0.5, 0.6) is 0 Å². The lowest BCUT2D eigenvalue weighted by Gasteiger charge is -2.07. The molecule has 2 aromatic heterocycles. The van der Waals surface area contributed by atoms with E-state index in [0.29, 0.717) is 11.4 Å². The van der Waals surface area contributed by atoms with E-state index in [9.17, 15) is 18.0 Å². The molecule has 3 rings (SSSR count). The predicted octanol–water partition coefficient (Wildman–Crippen LogP) is 0.930. The van der Waals surface area contributed by atoms with Gasteiger partial charge in [-0.25, -0.2) is 17.8 Å². The molecule has 0 atom stereocenters. The van der Waals surface area contributed by atoms with Crippen LogP contribution in [0.25, 0.3) is 5.69 Å². The Hall–Kier alpha value is -3.24. The second kappa shape index (κ2) is 8.84. The third kappa shape index (κ3) is 5.39. The van der Waals surface area contributed by atoms with Crippen molar-refractivity contribution in [3.8, 4) is 5.69 Å². The summed E-state index contributed by atoms with van der Waals surface area (Å²) in [5, 5.41) is 5.52. The zero-order valence-corrected chi connectivity index (χ0v) is 16.6. The van der Waals surface area contributed by atoms with Gasteiger partial charge in [0.15, 0.2) is 0 Å². The zero-order valence-electron chi connectivity index (χ0n) is 15.8. The molecule has 10 heteroatoms. The molecule has 0 unspecified atom stereocenters. The SMILES string of the molecule is CCS(=O)(=O)NCc1cc(CNC(=O)c2cc(=O)n(-c3ccccc3)[nH]2)ccn1. The highest BCUT2D eigenvalue weighted by molar-refractivity contribution is 7.89. The van der Waals surface area contributed by atoms with Crippen LogP contribution in [0.15, 0.2) is 59.5 Å². The van der Waals surface area contributed by atoms with Crippen molar-refractivity contribution < 1.29 is 13.2 Å². The Morgan fingerprint density at radius 2 is 1.90 bits per heavy atom. The number of carbonyl (C=O) groups is 1. The molecule has 1 amide bonds. The number of nitrogens with zero attached hydrogens (tertiary/aromatic N) is 2. The molecule has 2 heterocycles. The van der Waals surface area contributed by atoms with Crippen LogP contribution in [0, 0.1) is 0 Å². The number of sulfonamides is 1. The van der Waals surface area contributed by atoms with Gasteiger partial charge in [0.1, 0.15) is 5.69 Å². The molecular formula is C19H21N5O4S. The summed E-state index contributed by atoms with van der Waals surface area (Å²) in [6, 6.07) is 13.6. The van der Waals surface area contributed by atoms with Crippen LogP contribution in [0.1, 0.15) is 28.7 Å². The highest BCUT2D eigenvalue weighted by Gasteiger charge is 2.12. The number of aromatic amines is 1. The van der Waals surface area contributed by atoms with Crippen LogP contribution in [-0.2, 0) is 23.1 Å². The molecule has 3 aromatic rings. The highest BCUT2D eigenvalue weighted by atomic mass is 32.2. The molecule has 152 valence electrons. The Kier molecular flexibility index (Phi) is 6.25. The molecule has 0 aliphatic heterocycles. The first-order valence-corrected chi connectivity index (χ1v) is 10.6. The van der Waals surface area contributed by atoms with Crippen LogP contribution in [0.3, 0.4) is 0 Å². The van der Waals surface area contributed by atoms with Crippen molar-refractivity contribution in [2.75, 3.05) is 5.75 Å². The third-order valence-electron chi connectivity index (χ3n) is 4.17. The van der Waals surface area contributed by atoms with Gasteiger partial charge in [0.05, 0.1) is 23.7 Å². The van der Waals surface area contributed by atoms with E-state index in [1.165, 1.54) is 10.7 Å². The maximum absolute atomic E-state index is 12.4. The fourth-order valence-corrected chi connectivity index (χ4v) is 3.15. The van der Waals surface area contributed by atoms with E-state index in [-0.39, 0.29) is 30.1 Å². The molecule has 0 aliphatic rings. The van der Waals surface area contributed by atoms with Crippen molar-refractivity contribution in [3.05, 3.63) is 82.0 Å². The summed E-state index contributed by atoms with van der Waals surface area (Å²) in [4.78, 5) is 28.6. The molecule has 0 aliphatic carbocycles. The number of benzene rings is 1. The number of rotatable bonds is 8. The molecular weight excluding hydrogens is 394 g/mol. The Bertz CT molecular complexity index is 1150. The van der Waals surface area contributed by atoms with Gasteiger partial charge in [0, 0.05) is 18.8 Å². The van der Waals surface area contributed by atoms with Crippen LogP contribution in [0.4, 0.5) is 0 Å². The van der Waals surface area contributed by atoms with Crippen molar-refractivity contribution in [2.45, 2.75) is 20.0 Å². The maximum atomic E-state index is 12.4. The molecule has 0 fully saturated rings. The maximum Gasteiger partial charge on any atom is 0.271 e. The standard InChI is InChI=1S/C19H21N5O4S/c1-2-29(27,28)22-13-15-10-14(8-9-20-15)12-21-19(26)17-11-18(25)24(23-17)16-6-4-3-5-7-16/h3-11,22-23H,2,12-13H2,1H3,(H,21,26). The molecule has 29 heavy (non-hydrogen) atoms. The highest BCUT2D eigenvalue weighted by Crippen LogP contribution is 2.05. The number of pyridine rings is 1.